The maximum atomic E-state index is 11.6. The summed E-state index contributed by atoms with van der Waals surface area (Å²) < 4.78 is 13.8. The molecule has 7 rings (SSSR count). The van der Waals surface area contributed by atoms with Crippen LogP contribution < -0.4 is 9.64 Å². The molecule has 2 aliphatic rings. The van der Waals surface area contributed by atoms with Crippen LogP contribution in [-0.4, -0.2) is 79.4 Å². The maximum Gasteiger partial charge on any atom is 0.335 e. The average Bonchev–Trinajstić information content (AvgIpc) is 3.54. The number of aromatic nitrogens is 5. The van der Waals surface area contributed by atoms with Gasteiger partial charge in [-0.1, -0.05) is 17.4 Å². The summed E-state index contributed by atoms with van der Waals surface area (Å²) in [5, 5.41) is 10.4. The second kappa shape index (κ2) is 11.0. The second-order valence-electron chi connectivity index (χ2n) is 10.2. The van der Waals surface area contributed by atoms with Gasteiger partial charge in [0.15, 0.2) is 0 Å². The van der Waals surface area contributed by atoms with Gasteiger partial charge in [-0.3, -0.25) is 4.90 Å². The van der Waals surface area contributed by atoms with Gasteiger partial charge in [0.2, 0.25) is 5.88 Å². The fourth-order valence-electron chi connectivity index (χ4n) is 5.27. The van der Waals surface area contributed by atoms with E-state index in [0.29, 0.717) is 25.6 Å². The molecule has 6 heterocycles. The summed E-state index contributed by atoms with van der Waals surface area (Å²) in [4.78, 5) is 35.7. The smallest absolute Gasteiger partial charge is 0.335 e. The quantitative estimate of drug-likeness (QED) is 0.280. The zero-order valence-electron chi connectivity index (χ0n) is 22.3. The summed E-state index contributed by atoms with van der Waals surface area (Å²) in [5.74, 6) is 1.47. The first-order valence-corrected chi connectivity index (χ1v) is 14.5. The zero-order valence-corrected chi connectivity index (χ0v) is 23.2. The minimum absolute atomic E-state index is 0.142. The Bertz CT molecular complexity index is 1680. The number of hydrogen-bond acceptors (Lipinski definition) is 10. The first kappa shape index (κ1) is 25.8. The number of nitrogens with zero attached hydrogens (tertiary/aromatic N) is 7. The molecule has 2 aliphatic heterocycles. The molecule has 2 fully saturated rings. The van der Waals surface area contributed by atoms with Crippen LogP contribution >= 0.6 is 11.3 Å². The van der Waals surface area contributed by atoms with Gasteiger partial charge in [0.25, 0.3) is 0 Å². The Hall–Kier alpha value is -4.13. The molecule has 1 N–H and O–H groups in total. The number of imidazole rings is 1. The van der Waals surface area contributed by atoms with Crippen molar-refractivity contribution < 1.29 is 19.4 Å². The molecule has 0 amide bonds. The van der Waals surface area contributed by atoms with Crippen molar-refractivity contribution >= 4 is 44.5 Å². The maximum absolute atomic E-state index is 11.6. The third-order valence-corrected chi connectivity index (χ3v) is 8.53. The third kappa shape index (κ3) is 5.45. The standard InChI is InChI=1S/C29H29N7O4S/c37-29(38)19-6-7-21-23(15-19)36(16-20-8-14-39-20)25(31-21)17-34-10-12-35(13-11-34)24-4-1-5-26(33-24)40-18-27-32-22-3-2-9-30-28(22)41-27/h1-7,9,15,20H,8,10-14,16-18H2,(H,37,38). The highest BCUT2D eigenvalue weighted by Gasteiger charge is 2.25. The van der Waals surface area contributed by atoms with E-state index in [1.54, 1.807) is 24.4 Å². The van der Waals surface area contributed by atoms with Gasteiger partial charge in [0.1, 0.15) is 33.6 Å². The molecular formula is C29H29N7O4S. The summed E-state index contributed by atoms with van der Waals surface area (Å²) in [5.41, 5.74) is 2.81. The topological polar surface area (TPSA) is 119 Å². The number of carbonyl (C=O) groups is 1. The van der Waals surface area contributed by atoms with Crippen molar-refractivity contribution in [2.75, 3.05) is 37.7 Å². The number of ether oxygens (including phenoxy) is 2. The fourth-order valence-corrected chi connectivity index (χ4v) is 6.09. The lowest BCUT2D eigenvalue weighted by molar-refractivity contribution is -0.0592. The van der Waals surface area contributed by atoms with E-state index in [1.165, 1.54) is 11.3 Å². The number of piperazine rings is 1. The largest absolute Gasteiger partial charge is 0.478 e. The van der Waals surface area contributed by atoms with E-state index in [-0.39, 0.29) is 11.7 Å². The Kier molecular flexibility index (Phi) is 6.95. The molecule has 1 atom stereocenters. The predicted octanol–water partition coefficient (Wildman–Crippen LogP) is 3.82. The van der Waals surface area contributed by atoms with Gasteiger partial charge >= 0.3 is 5.97 Å². The van der Waals surface area contributed by atoms with Crippen molar-refractivity contribution in [3.05, 3.63) is 71.1 Å². The summed E-state index contributed by atoms with van der Waals surface area (Å²) in [6.45, 7) is 5.86. The minimum Gasteiger partial charge on any atom is -0.478 e. The number of carboxylic acids is 1. The molecule has 0 aliphatic carbocycles. The van der Waals surface area contributed by atoms with E-state index >= 15 is 0 Å². The number of anilines is 1. The lowest BCUT2D eigenvalue weighted by atomic mass is 10.1. The normalized spacial score (nSPS) is 17.7. The molecular weight excluding hydrogens is 542 g/mol. The van der Waals surface area contributed by atoms with Crippen LogP contribution in [0, 0.1) is 0 Å². The first-order valence-electron chi connectivity index (χ1n) is 13.7. The molecule has 4 aromatic heterocycles. The Morgan fingerprint density at radius 2 is 1.93 bits per heavy atom. The zero-order chi connectivity index (χ0) is 27.8. The van der Waals surface area contributed by atoms with E-state index in [9.17, 15) is 9.90 Å². The van der Waals surface area contributed by atoms with E-state index in [2.05, 4.69) is 24.3 Å². The summed E-state index contributed by atoms with van der Waals surface area (Å²) >= 11 is 1.53. The van der Waals surface area contributed by atoms with Gasteiger partial charge in [0, 0.05) is 45.0 Å². The van der Waals surface area contributed by atoms with Crippen molar-refractivity contribution in [2.45, 2.75) is 32.2 Å². The third-order valence-electron chi connectivity index (χ3n) is 7.58. The van der Waals surface area contributed by atoms with Gasteiger partial charge in [-0.15, -0.1) is 0 Å². The number of hydrogen-bond donors (Lipinski definition) is 1. The molecule has 210 valence electrons. The van der Waals surface area contributed by atoms with E-state index in [0.717, 1.165) is 77.2 Å². The van der Waals surface area contributed by atoms with Crippen LogP contribution in [0.25, 0.3) is 21.4 Å². The van der Waals surface area contributed by atoms with Gasteiger partial charge in [-0.2, -0.15) is 4.98 Å². The number of thiazole rings is 1. The lowest BCUT2D eigenvalue weighted by Crippen LogP contribution is -2.46. The number of rotatable bonds is 9. The number of benzene rings is 1. The van der Waals surface area contributed by atoms with Crippen LogP contribution in [0.3, 0.4) is 0 Å². The Morgan fingerprint density at radius 3 is 2.71 bits per heavy atom. The molecule has 1 aromatic carbocycles. The summed E-state index contributed by atoms with van der Waals surface area (Å²) in [7, 11) is 0. The Morgan fingerprint density at radius 1 is 1.05 bits per heavy atom. The van der Waals surface area contributed by atoms with Crippen LogP contribution in [0.15, 0.2) is 54.7 Å². The molecule has 5 aromatic rings. The average molecular weight is 572 g/mol. The van der Waals surface area contributed by atoms with E-state index in [4.69, 9.17) is 19.4 Å². The molecule has 0 spiro atoms. The predicted molar refractivity (Wildman–Crippen MR) is 155 cm³/mol. The van der Waals surface area contributed by atoms with Crippen LogP contribution in [0.4, 0.5) is 5.82 Å². The summed E-state index contributed by atoms with van der Waals surface area (Å²) in [6, 6.07) is 14.8. The van der Waals surface area contributed by atoms with Crippen LogP contribution in [0.2, 0.25) is 0 Å². The van der Waals surface area contributed by atoms with Crippen molar-refractivity contribution in [3.63, 3.8) is 0 Å². The SMILES string of the molecule is O=C(O)c1ccc2nc(CN3CCN(c4cccc(OCc5nc6cccnc6s5)n4)CC3)n(CC3CCO3)c2c1. The van der Waals surface area contributed by atoms with E-state index in [1.807, 2.05) is 30.3 Å². The monoisotopic (exact) mass is 571 g/mol. The first-order chi connectivity index (χ1) is 20.1. The lowest BCUT2D eigenvalue weighted by Gasteiger charge is -2.35. The second-order valence-corrected chi connectivity index (χ2v) is 11.3. The molecule has 0 radical (unpaired) electrons. The summed E-state index contributed by atoms with van der Waals surface area (Å²) in [6.07, 6.45) is 2.92. The van der Waals surface area contributed by atoms with Crippen LogP contribution in [0.5, 0.6) is 5.88 Å². The highest BCUT2D eigenvalue weighted by atomic mass is 32.1. The number of pyridine rings is 2. The molecule has 41 heavy (non-hydrogen) atoms. The molecule has 0 bridgehead atoms. The van der Waals surface area contributed by atoms with Crippen LogP contribution in [0.1, 0.15) is 27.6 Å². The van der Waals surface area contributed by atoms with Crippen LogP contribution in [-0.2, 0) is 24.4 Å². The van der Waals surface area contributed by atoms with E-state index < -0.39 is 5.97 Å². The van der Waals surface area contributed by atoms with Crippen molar-refractivity contribution in [3.8, 4) is 5.88 Å². The van der Waals surface area contributed by atoms with Crippen molar-refractivity contribution in [2.24, 2.45) is 0 Å². The van der Waals surface area contributed by atoms with Gasteiger partial charge < -0.3 is 24.0 Å². The highest BCUT2D eigenvalue weighted by molar-refractivity contribution is 7.18. The molecule has 1 unspecified atom stereocenters. The van der Waals surface area contributed by atoms with Crippen molar-refractivity contribution in [1.82, 2.24) is 29.4 Å². The number of aromatic carboxylic acids is 1. The molecule has 0 saturated carbocycles. The van der Waals surface area contributed by atoms with Gasteiger partial charge in [-0.25, -0.2) is 19.7 Å². The molecule has 12 heteroatoms. The number of carboxylic acid groups (broad SMARTS) is 1. The Balaban J connectivity index is 1.00. The van der Waals surface area contributed by atoms with Crippen molar-refractivity contribution in [1.29, 1.82) is 0 Å². The number of fused-ring (bicyclic) bond motifs is 2. The molecule has 2 saturated heterocycles. The highest BCUT2D eigenvalue weighted by Crippen LogP contribution is 2.25. The fraction of sp³-hybridized carbons (Fsp3) is 0.345. The minimum atomic E-state index is -0.936. The van der Waals surface area contributed by atoms with Gasteiger partial charge in [-0.05, 0) is 42.8 Å². The van der Waals surface area contributed by atoms with Gasteiger partial charge in [0.05, 0.1) is 35.8 Å². The molecule has 11 nitrogen and oxygen atoms in total. The Labute approximate surface area is 240 Å².